The number of nitrogens with zero attached hydrogens (tertiary/aromatic N) is 2. The van der Waals surface area contributed by atoms with Gasteiger partial charge in [0.05, 0.1) is 0 Å². The molecule has 2 rings (SSSR count). The van der Waals surface area contributed by atoms with Crippen LogP contribution < -0.4 is 0 Å². The van der Waals surface area contributed by atoms with Gasteiger partial charge in [-0.3, -0.25) is 9.69 Å². The molecule has 1 N–H and O–H groups in total. The highest BCUT2D eigenvalue weighted by atomic mass is 32.1. The summed E-state index contributed by atoms with van der Waals surface area (Å²) >= 11 is 1.60. The molecule has 4 nitrogen and oxygen atoms in total. The van der Waals surface area contributed by atoms with Crippen LogP contribution in [0.2, 0.25) is 0 Å². The summed E-state index contributed by atoms with van der Waals surface area (Å²) in [5.41, 5.74) is 2.32. The molecule has 1 atom stereocenters. The Hall–Kier alpha value is -1.72. The monoisotopic (exact) mass is 290 g/mol. The molecule has 0 spiro atoms. The minimum Gasteiger partial charge on any atom is -0.480 e. The maximum absolute atomic E-state index is 10.9. The van der Waals surface area contributed by atoms with E-state index in [0.717, 1.165) is 15.4 Å². The zero-order valence-electron chi connectivity index (χ0n) is 11.8. The van der Waals surface area contributed by atoms with Crippen molar-refractivity contribution in [1.29, 1.82) is 0 Å². The highest BCUT2D eigenvalue weighted by Gasteiger charge is 2.17. The lowest BCUT2D eigenvalue weighted by molar-refractivity contribution is -0.142. The largest absolute Gasteiger partial charge is 0.480 e. The lowest BCUT2D eigenvalue weighted by Gasteiger charge is -2.19. The highest BCUT2D eigenvalue weighted by Crippen LogP contribution is 2.26. The van der Waals surface area contributed by atoms with Crippen molar-refractivity contribution in [3.8, 4) is 10.6 Å². The number of carbonyl (C=O) groups is 1. The third-order valence-corrected chi connectivity index (χ3v) is 4.31. The van der Waals surface area contributed by atoms with Gasteiger partial charge in [0.15, 0.2) is 0 Å². The van der Waals surface area contributed by atoms with Gasteiger partial charge in [-0.2, -0.15) is 0 Å². The van der Waals surface area contributed by atoms with Crippen LogP contribution in [-0.4, -0.2) is 34.0 Å². The Labute approximate surface area is 122 Å². The van der Waals surface area contributed by atoms with Gasteiger partial charge in [-0.15, -0.1) is 11.3 Å². The quantitative estimate of drug-likeness (QED) is 0.919. The molecule has 1 aromatic carbocycles. The van der Waals surface area contributed by atoms with E-state index < -0.39 is 12.0 Å². The first kappa shape index (κ1) is 14.7. The van der Waals surface area contributed by atoms with E-state index in [1.807, 2.05) is 13.2 Å². The van der Waals surface area contributed by atoms with Gasteiger partial charge in [0, 0.05) is 23.2 Å². The number of carboxylic acids is 1. The third-order valence-electron chi connectivity index (χ3n) is 3.28. The molecule has 5 heteroatoms. The number of thiazole rings is 1. The average Bonchev–Trinajstić information content (AvgIpc) is 2.87. The van der Waals surface area contributed by atoms with Crippen molar-refractivity contribution in [1.82, 2.24) is 9.88 Å². The maximum Gasteiger partial charge on any atom is 0.320 e. The molecule has 106 valence electrons. The van der Waals surface area contributed by atoms with Crippen LogP contribution in [0.15, 0.2) is 30.5 Å². The van der Waals surface area contributed by atoms with Crippen LogP contribution in [0.25, 0.3) is 10.6 Å². The lowest BCUT2D eigenvalue weighted by atomic mass is 10.2. The molecule has 0 aliphatic heterocycles. The minimum atomic E-state index is -0.809. The van der Waals surface area contributed by atoms with Crippen LogP contribution >= 0.6 is 11.3 Å². The number of aryl methyl sites for hydroxylation is 1. The zero-order chi connectivity index (χ0) is 14.7. The summed E-state index contributed by atoms with van der Waals surface area (Å²) in [6.45, 7) is 4.33. The molecule has 1 aromatic heterocycles. The number of rotatable bonds is 5. The molecule has 0 fully saturated rings. The molecule has 0 radical (unpaired) electrons. The summed E-state index contributed by atoms with van der Waals surface area (Å²) in [5, 5.41) is 9.95. The standard InChI is InChI=1S/C15H18N2O2S/c1-10-4-6-12(7-5-10)14-16-8-13(20-14)9-17(3)11(2)15(18)19/h4-8,11H,9H2,1-3H3,(H,18,19). The van der Waals surface area contributed by atoms with E-state index >= 15 is 0 Å². The number of hydrogen-bond acceptors (Lipinski definition) is 4. The van der Waals surface area contributed by atoms with E-state index in [9.17, 15) is 4.79 Å². The second-order valence-electron chi connectivity index (χ2n) is 4.93. The SMILES string of the molecule is Cc1ccc(-c2ncc(CN(C)C(C)C(=O)O)s2)cc1. The van der Waals surface area contributed by atoms with Crippen molar-refractivity contribution < 1.29 is 9.90 Å². The molecule has 0 aliphatic rings. The Morgan fingerprint density at radius 2 is 2.05 bits per heavy atom. The summed E-state index contributed by atoms with van der Waals surface area (Å²) in [4.78, 5) is 18.2. The van der Waals surface area contributed by atoms with Crippen LogP contribution in [0.5, 0.6) is 0 Å². The van der Waals surface area contributed by atoms with Crippen LogP contribution in [0.4, 0.5) is 0 Å². The van der Waals surface area contributed by atoms with Gasteiger partial charge in [0.25, 0.3) is 0 Å². The van der Waals surface area contributed by atoms with Crippen LogP contribution in [-0.2, 0) is 11.3 Å². The zero-order valence-corrected chi connectivity index (χ0v) is 12.6. The number of carboxylic acid groups (broad SMARTS) is 1. The van der Waals surface area contributed by atoms with E-state index in [4.69, 9.17) is 5.11 Å². The Bertz CT molecular complexity index is 592. The van der Waals surface area contributed by atoms with Crippen molar-refractivity contribution in [2.75, 3.05) is 7.05 Å². The summed E-state index contributed by atoms with van der Waals surface area (Å²) in [6, 6.07) is 7.74. The molecule has 0 amide bonds. The van der Waals surface area contributed by atoms with Crippen molar-refractivity contribution in [3.63, 3.8) is 0 Å². The first-order chi connectivity index (χ1) is 9.47. The fourth-order valence-electron chi connectivity index (χ4n) is 1.78. The smallest absolute Gasteiger partial charge is 0.320 e. The molecule has 1 heterocycles. The topological polar surface area (TPSA) is 53.4 Å². The fraction of sp³-hybridized carbons (Fsp3) is 0.333. The van der Waals surface area contributed by atoms with Crippen LogP contribution in [0.3, 0.4) is 0 Å². The Kier molecular flexibility index (Phi) is 4.52. The van der Waals surface area contributed by atoms with Gasteiger partial charge in [0.1, 0.15) is 11.0 Å². The number of aromatic nitrogens is 1. The molecule has 2 aromatic rings. The van der Waals surface area contributed by atoms with Crippen molar-refractivity contribution in [3.05, 3.63) is 40.9 Å². The van der Waals surface area contributed by atoms with Crippen molar-refractivity contribution >= 4 is 17.3 Å². The second kappa shape index (κ2) is 6.15. The first-order valence-electron chi connectivity index (χ1n) is 6.42. The fourth-order valence-corrected chi connectivity index (χ4v) is 2.76. The highest BCUT2D eigenvalue weighted by molar-refractivity contribution is 7.15. The lowest BCUT2D eigenvalue weighted by Crippen LogP contribution is -2.35. The van der Waals surface area contributed by atoms with E-state index in [0.29, 0.717) is 6.54 Å². The van der Waals surface area contributed by atoms with Gasteiger partial charge in [0.2, 0.25) is 0 Å². The molecule has 0 saturated heterocycles. The Morgan fingerprint density at radius 1 is 1.40 bits per heavy atom. The predicted octanol–water partition coefficient (Wildman–Crippen LogP) is 3.02. The first-order valence-corrected chi connectivity index (χ1v) is 7.24. The molecule has 0 bridgehead atoms. The maximum atomic E-state index is 10.9. The second-order valence-corrected chi connectivity index (χ2v) is 6.04. The van der Waals surface area contributed by atoms with E-state index in [1.165, 1.54) is 5.56 Å². The normalized spacial score (nSPS) is 12.6. The summed E-state index contributed by atoms with van der Waals surface area (Å²) in [6.07, 6.45) is 1.82. The summed E-state index contributed by atoms with van der Waals surface area (Å²) in [7, 11) is 1.81. The molecule has 0 aliphatic carbocycles. The average molecular weight is 290 g/mol. The van der Waals surface area contributed by atoms with Gasteiger partial charge in [-0.05, 0) is 20.9 Å². The van der Waals surface area contributed by atoms with Crippen molar-refractivity contribution in [2.45, 2.75) is 26.4 Å². The van der Waals surface area contributed by atoms with Gasteiger partial charge in [-0.25, -0.2) is 4.98 Å². The number of aliphatic carboxylic acids is 1. The van der Waals surface area contributed by atoms with Gasteiger partial charge < -0.3 is 5.11 Å². The Balaban J connectivity index is 2.09. The van der Waals surface area contributed by atoms with Gasteiger partial charge in [-0.1, -0.05) is 29.8 Å². The van der Waals surface area contributed by atoms with E-state index in [-0.39, 0.29) is 0 Å². The Morgan fingerprint density at radius 3 is 2.65 bits per heavy atom. The van der Waals surface area contributed by atoms with Crippen molar-refractivity contribution in [2.24, 2.45) is 0 Å². The minimum absolute atomic E-state index is 0.500. The predicted molar refractivity (Wildman–Crippen MR) is 80.9 cm³/mol. The molecule has 20 heavy (non-hydrogen) atoms. The molecule has 1 unspecified atom stereocenters. The van der Waals surface area contributed by atoms with Gasteiger partial charge >= 0.3 is 5.97 Å². The number of hydrogen-bond donors (Lipinski definition) is 1. The van der Waals surface area contributed by atoms with E-state index in [1.54, 1.807) is 23.2 Å². The summed E-state index contributed by atoms with van der Waals surface area (Å²) < 4.78 is 0. The van der Waals surface area contributed by atoms with E-state index in [2.05, 4.69) is 36.2 Å². The number of benzene rings is 1. The number of likely N-dealkylation sites (N-methyl/N-ethyl adjacent to an activating group) is 1. The van der Waals surface area contributed by atoms with Crippen LogP contribution in [0, 0.1) is 6.92 Å². The molecular weight excluding hydrogens is 272 g/mol. The molecule has 0 saturated carbocycles. The third kappa shape index (κ3) is 3.43. The molecular formula is C15H18N2O2S. The summed E-state index contributed by atoms with van der Waals surface area (Å²) in [5.74, 6) is -0.809. The van der Waals surface area contributed by atoms with Crippen LogP contribution in [0.1, 0.15) is 17.4 Å².